The van der Waals surface area contributed by atoms with Crippen LogP contribution in [0.4, 0.5) is 4.79 Å². The van der Waals surface area contributed by atoms with E-state index >= 15 is 0 Å². The van der Waals surface area contributed by atoms with Crippen molar-refractivity contribution in [2.45, 2.75) is 39.2 Å². The van der Waals surface area contributed by atoms with Crippen molar-refractivity contribution in [1.82, 2.24) is 4.90 Å². The molecule has 1 aliphatic rings. The van der Waals surface area contributed by atoms with Gasteiger partial charge in [-0.05, 0) is 57.2 Å². The summed E-state index contributed by atoms with van der Waals surface area (Å²) in [5.41, 5.74) is 0.549. The van der Waals surface area contributed by atoms with Crippen molar-refractivity contribution < 1.29 is 19.1 Å². The second kappa shape index (κ2) is 8.21. The van der Waals surface area contributed by atoms with Crippen LogP contribution in [0, 0.1) is 11.8 Å². The molecule has 1 amide bonds. The Kier molecular flexibility index (Phi) is 6.49. The van der Waals surface area contributed by atoms with Crippen molar-refractivity contribution >= 4 is 28.0 Å². The van der Waals surface area contributed by atoms with E-state index in [9.17, 15) is 9.59 Å². The molecule has 0 spiro atoms. The van der Waals surface area contributed by atoms with Gasteiger partial charge >= 0.3 is 12.1 Å². The first-order chi connectivity index (χ1) is 11.7. The number of amides is 1. The van der Waals surface area contributed by atoms with Gasteiger partial charge in [0.25, 0.3) is 0 Å². The van der Waals surface area contributed by atoms with Crippen LogP contribution in [0.15, 0.2) is 28.7 Å². The Balaban J connectivity index is 2.07. The van der Waals surface area contributed by atoms with Crippen molar-refractivity contribution in [3.63, 3.8) is 0 Å². The molecule has 1 aromatic rings. The van der Waals surface area contributed by atoms with Crippen LogP contribution in [-0.2, 0) is 20.7 Å². The van der Waals surface area contributed by atoms with Gasteiger partial charge in [-0.2, -0.15) is 0 Å². The number of methoxy groups -OCH3 is 1. The average molecular weight is 412 g/mol. The third-order valence-electron chi connectivity index (χ3n) is 4.29. The van der Waals surface area contributed by atoms with Crippen LogP contribution in [0.3, 0.4) is 0 Å². The van der Waals surface area contributed by atoms with E-state index in [0.717, 1.165) is 16.5 Å². The number of benzene rings is 1. The number of rotatable bonds is 4. The van der Waals surface area contributed by atoms with E-state index in [2.05, 4.69) is 15.9 Å². The molecule has 0 aromatic heterocycles. The van der Waals surface area contributed by atoms with Gasteiger partial charge in [0.15, 0.2) is 0 Å². The highest BCUT2D eigenvalue weighted by Crippen LogP contribution is 2.29. The lowest BCUT2D eigenvalue weighted by molar-refractivity contribution is -0.147. The van der Waals surface area contributed by atoms with Crippen molar-refractivity contribution in [2.75, 3.05) is 20.2 Å². The predicted octanol–water partition coefficient (Wildman–Crippen LogP) is 4.04. The smallest absolute Gasteiger partial charge is 0.410 e. The molecule has 0 bridgehead atoms. The largest absolute Gasteiger partial charge is 0.469 e. The van der Waals surface area contributed by atoms with Crippen molar-refractivity contribution in [1.29, 1.82) is 0 Å². The summed E-state index contributed by atoms with van der Waals surface area (Å²) >= 11 is 3.46. The minimum Gasteiger partial charge on any atom is -0.469 e. The van der Waals surface area contributed by atoms with E-state index in [0.29, 0.717) is 19.5 Å². The molecular weight excluding hydrogens is 386 g/mol. The van der Waals surface area contributed by atoms with Crippen molar-refractivity contribution in [3.05, 3.63) is 34.3 Å². The Morgan fingerprint density at radius 1 is 1.36 bits per heavy atom. The fourth-order valence-electron chi connectivity index (χ4n) is 3.12. The van der Waals surface area contributed by atoms with Crippen LogP contribution in [-0.4, -0.2) is 42.8 Å². The number of halogens is 1. The van der Waals surface area contributed by atoms with Gasteiger partial charge in [-0.1, -0.05) is 28.1 Å². The third-order valence-corrected chi connectivity index (χ3v) is 4.79. The number of hydrogen-bond donors (Lipinski definition) is 0. The van der Waals surface area contributed by atoms with Crippen LogP contribution in [0.2, 0.25) is 0 Å². The standard InChI is InChI=1S/C19H26BrNO4/c1-19(2,3)25-18(23)21-9-8-14(12-21)16(17(22)24-4)11-13-6-5-7-15(20)10-13/h5-7,10,14,16H,8-9,11-12H2,1-4H3/t14-,16?/m0/s1. The number of ether oxygens (including phenoxy) is 2. The summed E-state index contributed by atoms with van der Waals surface area (Å²) in [5.74, 6) is -0.429. The Morgan fingerprint density at radius 2 is 2.08 bits per heavy atom. The van der Waals surface area contributed by atoms with E-state index in [1.54, 1.807) is 4.90 Å². The van der Waals surface area contributed by atoms with E-state index in [1.807, 2.05) is 45.0 Å². The summed E-state index contributed by atoms with van der Waals surface area (Å²) in [7, 11) is 1.41. The van der Waals surface area contributed by atoms with E-state index in [-0.39, 0.29) is 23.9 Å². The van der Waals surface area contributed by atoms with E-state index in [4.69, 9.17) is 9.47 Å². The molecule has 1 fully saturated rings. The van der Waals surface area contributed by atoms with Gasteiger partial charge in [-0.3, -0.25) is 4.79 Å². The SMILES string of the molecule is COC(=O)C(Cc1cccc(Br)c1)[C@H]1CCN(C(=O)OC(C)(C)C)C1. The van der Waals surface area contributed by atoms with Crippen LogP contribution < -0.4 is 0 Å². The molecule has 5 nitrogen and oxygen atoms in total. The first kappa shape index (κ1) is 19.8. The molecule has 1 heterocycles. The molecule has 1 saturated heterocycles. The summed E-state index contributed by atoms with van der Waals surface area (Å²) in [6, 6.07) is 7.92. The number of nitrogens with zero attached hydrogens (tertiary/aromatic N) is 1. The first-order valence-electron chi connectivity index (χ1n) is 8.50. The Bertz CT molecular complexity index is 626. The van der Waals surface area contributed by atoms with Crippen LogP contribution in [0.25, 0.3) is 0 Å². The van der Waals surface area contributed by atoms with E-state index in [1.165, 1.54) is 7.11 Å². The normalized spacial score (nSPS) is 18.8. The zero-order valence-electron chi connectivity index (χ0n) is 15.3. The van der Waals surface area contributed by atoms with Crippen molar-refractivity contribution in [3.8, 4) is 0 Å². The Morgan fingerprint density at radius 3 is 2.68 bits per heavy atom. The van der Waals surface area contributed by atoms with Gasteiger partial charge in [0.2, 0.25) is 0 Å². The van der Waals surface area contributed by atoms with Crippen LogP contribution >= 0.6 is 15.9 Å². The minimum atomic E-state index is -0.521. The molecule has 1 aliphatic heterocycles. The highest BCUT2D eigenvalue weighted by atomic mass is 79.9. The molecule has 25 heavy (non-hydrogen) atoms. The summed E-state index contributed by atoms with van der Waals surface area (Å²) < 4.78 is 11.4. The summed E-state index contributed by atoms with van der Waals surface area (Å²) in [6.45, 7) is 6.67. The predicted molar refractivity (Wildman–Crippen MR) is 99.3 cm³/mol. The summed E-state index contributed by atoms with van der Waals surface area (Å²) in [6.07, 6.45) is 1.05. The van der Waals surface area contributed by atoms with Gasteiger partial charge in [-0.15, -0.1) is 0 Å². The molecule has 1 aromatic carbocycles. The monoisotopic (exact) mass is 411 g/mol. The molecule has 138 valence electrons. The van der Waals surface area contributed by atoms with Gasteiger partial charge in [-0.25, -0.2) is 4.79 Å². The Hall–Kier alpha value is -1.56. The quantitative estimate of drug-likeness (QED) is 0.701. The summed E-state index contributed by atoms with van der Waals surface area (Å²) in [5, 5.41) is 0. The highest BCUT2D eigenvalue weighted by Gasteiger charge is 2.37. The molecule has 2 rings (SSSR count). The zero-order valence-corrected chi connectivity index (χ0v) is 16.8. The van der Waals surface area contributed by atoms with Gasteiger partial charge in [0.05, 0.1) is 13.0 Å². The van der Waals surface area contributed by atoms with Crippen LogP contribution in [0.5, 0.6) is 0 Å². The molecule has 6 heteroatoms. The molecule has 1 unspecified atom stereocenters. The van der Waals surface area contributed by atoms with Gasteiger partial charge < -0.3 is 14.4 Å². The second-order valence-corrected chi connectivity index (χ2v) is 8.35. The second-order valence-electron chi connectivity index (χ2n) is 7.44. The Labute approximate surface area is 157 Å². The maximum Gasteiger partial charge on any atom is 0.410 e. The molecule has 2 atom stereocenters. The van der Waals surface area contributed by atoms with E-state index < -0.39 is 5.60 Å². The highest BCUT2D eigenvalue weighted by molar-refractivity contribution is 9.10. The molecule has 0 aliphatic carbocycles. The fourth-order valence-corrected chi connectivity index (χ4v) is 3.57. The lowest BCUT2D eigenvalue weighted by atomic mass is 9.86. The third kappa shape index (κ3) is 5.73. The maximum atomic E-state index is 12.3. The topological polar surface area (TPSA) is 55.8 Å². The van der Waals surface area contributed by atoms with Gasteiger partial charge in [0, 0.05) is 17.6 Å². The number of esters is 1. The number of likely N-dealkylation sites (tertiary alicyclic amines) is 1. The maximum absolute atomic E-state index is 12.3. The lowest BCUT2D eigenvalue weighted by Crippen LogP contribution is -2.36. The molecule has 0 radical (unpaired) electrons. The van der Waals surface area contributed by atoms with Gasteiger partial charge in [0.1, 0.15) is 5.60 Å². The number of carbonyl (C=O) groups is 2. The molecular formula is C19H26BrNO4. The zero-order chi connectivity index (χ0) is 18.6. The minimum absolute atomic E-state index is 0.0685. The fraction of sp³-hybridized carbons (Fsp3) is 0.579. The summed E-state index contributed by atoms with van der Waals surface area (Å²) in [4.78, 5) is 26.3. The number of carbonyl (C=O) groups excluding carboxylic acids is 2. The molecule has 0 saturated carbocycles. The first-order valence-corrected chi connectivity index (χ1v) is 9.29. The average Bonchev–Trinajstić information content (AvgIpc) is 3.00. The van der Waals surface area contributed by atoms with Crippen molar-refractivity contribution in [2.24, 2.45) is 11.8 Å². The van der Waals surface area contributed by atoms with Crippen LogP contribution in [0.1, 0.15) is 32.8 Å². The lowest BCUT2D eigenvalue weighted by Gasteiger charge is -2.25. The molecule has 0 N–H and O–H groups in total. The number of hydrogen-bond acceptors (Lipinski definition) is 4.